The number of hydrogen-bond donors (Lipinski definition) is 7. The number of sulfonamides is 2. The van der Waals surface area contributed by atoms with Gasteiger partial charge in [0.05, 0.1) is 11.9 Å². The number of hydrogen-bond acceptors (Lipinski definition) is 11. The summed E-state index contributed by atoms with van der Waals surface area (Å²) in [5.41, 5.74) is 9.52. The molecule has 35 heavy (non-hydrogen) atoms. The Morgan fingerprint density at radius 1 is 1.11 bits per heavy atom. The molecule has 14 nitrogen and oxygen atoms in total. The zero-order valence-corrected chi connectivity index (χ0v) is 20.4. The van der Waals surface area contributed by atoms with Crippen LogP contribution in [0.5, 0.6) is 0 Å². The molecule has 0 spiro atoms. The summed E-state index contributed by atoms with van der Waals surface area (Å²) in [6.45, 7) is 2.37. The summed E-state index contributed by atoms with van der Waals surface area (Å²) >= 11 is 0. The average Bonchev–Trinajstić information content (AvgIpc) is 3.61. The number of primary sulfonamides is 1. The first kappa shape index (κ1) is 24.0. The van der Waals surface area contributed by atoms with E-state index in [1.165, 1.54) is 6.07 Å². The number of hydrazine groups is 2. The maximum absolute atomic E-state index is 13.3. The SMILES string of the molecule is NS(=O)(=O)c1c(S(=O)(=O)N[C@@H]2CCNC2)ccc(N2CCC(c3cnc[nH]3)CC2)c1C1=NNNN1. The number of rotatable bonds is 7. The van der Waals surface area contributed by atoms with Gasteiger partial charge in [0.15, 0.2) is 5.84 Å². The van der Waals surface area contributed by atoms with E-state index in [4.69, 9.17) is 5.14 Å². The van der Waals surface area contributed by atoms with Crippen LogP contribution in [-0.2, 0) is 20.0 Å². The molecule has 0 bridgehead atoms. The van der Waals surface area contributed by atoms with E-state index >= 15 is 0 Å². The first-order valence-corrected chi connectivity index (χ1v) is 14.3. The van der Waals surface area contributed by atoms with E-state index in [0.29, 0.717) is 44.2 Å². The van der Waals surface area contributed by atoms with Crippen LogP contribution in [0.3, 0.4) is 0 Å². The first-order chi connectivity index (χ1) is 16.7. The number of benzene rings is 1. The summed E-state index contributed by atoms with van der Waals surface area (Å²) in [6, 6.07) is 2.58. The van der Waals surface area contributed by atoms with Gasteiger partial charge in [0.25, 0.3) is 0 Å². The fourth-order valence-corrected chi connectivity index (χ4v) is 7.69. The van der Waals surface area contributed by atoms with Crippen molar-refractivity contribution in [3.63, 3.8) is 0 Å². The predicted octanol–water partition coefficient (Wildman–Crippen LogP) is -1.64. The monoisotopic (exact) mass is 524 g/mol. The van der Waals surface area contributed by atoms with Crippen molar-refractivity contribution in [1.82, 2.24) is 36.5 Å². The molecular formula is C19H28N10O4S2. The zero-order valence-electron chi connectivity index (χ0n) is 18.8. The second-order valence-electron chi connectivity index (χ2n) is 8.73. The molecule has 0 radical (unpaired) electrons. The van der Waals surface area contributed by atoms with E-state index in [2.05, 4.69) is 41.6 Å². The number of H-pyrrole nitrogens is 1. The second-order valence-corrected chi connectivity index (χ2v) is 11.9. The Morgan fingerprint density at radius 2 is 1.91 bits per heavy atom. The molecule has 0 unspecified atom stereocenters. The number of nitrogens with one attached hydrogen (secondary N) is 6. The van der Waals surface area contributed by atoms with E-state index in [-0.39, 0.29) is 17.4 Å². The van der Waals surface area contributed by atoms with Gasteiger partial charge in [-0.15, -0.1) is 10.6 Å². The smallest absolute Gasteiger partial charge is 0.242 e. The lowest BCUT2D eigenvalue weighted by molar-refractivity contribution is 0.497. The molecule has 2 saturated heterocycles. The van der Waals surface area contributed by atoms with Gasteiger partial charge in [-0.1, -0.05) is 0 Å². The number of anilines is 1. The number of aromatic amines is 1. The molecule has 0 saturated carbocycles. The van der Waals surface area contributed by atoms with Crippen LogP contribution in [-0.4, -0.2) is 64.9 Å². The summed E-state index contributed by atoms with van der Waals surface area (Å²) < 4.78 is 55.0. The lowest BCUT2D eigenvalue weighted by Gasteiger charge is -2.35. The van der Waals surface area contributed by atoms with E-state index < -0.39 is 29.8 Å². The largest absolute Gasteiger partial charge is 0.371 e. The number of piperidine rings is 1. The van der Waals surface area contributed by atoms with Crippen molar-refractivity contribution < 1.29 is 16.8 Å². The van der Waals surface area contributed by atoms with E-state index in [1.54, 1.807) is 12.4 Å². The third kappa shape index (κ3) is 4.85. The first-order valence-electron chi connectivity index (χ1n) is 11.2. The summed E-state index contributed by atoms with van der Waals surface area (Å²) in [6.07, 6.45) is 5.67. The Kier molecular flexibility index (Phi) is 6.41. The van der Waals surface area contributed by atoms with Gasteiger partial charge in [-0.2, -0.15) is 0 Å². The molecule has 1 atom stereocenters. The minimum atomic E-state index is -4.48. The molecule has 3 aliphatic heterocycles. The number of nitrogens with zero attached hydrogens (tertiary/aromatic N) is 3. The molecule has 2 fully saturated rings. The van der Waals surface area contributed by atoms with Gasteiger partial charge in [-0.25, -0.2) is 37.2 Å². The van der Waals surface area contributed by atoms with Crippen molar-refractivity contribution in [3.8, 4) is 0 Å². The number of amidine groups is 1. The number of imidazole rings is 1. The van der Waals surface area contributed by atoms with Crippen LogP contribution in [0, 0.1) is 0 Å². The van der Waals surface area contributed by atoms with Gasteiger partial charge in [-0.3, -0.25) is 5.43 Å². The minimum Gasteiger partial charge on any atom is -0.371 e. The molecule has 2 aromatic rings. The van der Waals surface area contributed by atoms with Crippen molar-refractivity contribution in [3.05, 3.63) is 35.9 Å². The Morgan fingerprint density at radius 3 is 2.51 bits per heavy atom. The molecule has 190 valence electrons. The van der Waals surface area contributed by atoms with Crippen LogP contribution in [0.15, 0.2) is 39.5 Å². The topological polar surface area (TPSA) is 199 Å². The fourth-order valence-electron chi connectivity index (χ4n) is 4.82. The highest BCUT2D eigenvalue weighted by atomic mass is 32.2. The van der Waals surface area contributed by atoms with Crippen LogP contribution in [0.2, 0.25) is 0 Å². The molecule has 0 aliphatic carbocycles. The molecule has 1 aromatic heterocycles. The normalized spacial score (nSPS) is 21.6. The van der Waals surface area contributed by atoms with E-state index in [9.17, 15) is 16.8 Å². The molecule has 3 aliphatic rings. The molecule has 1 aromatic carbocycles. The molecule has 16 heteroatoms. The Bertz CT molecular complexity index is 1310. The van der Waals surface area contributed by atoms with Crippen LogP contribution >= 0.6 is 0 Å². The van der Waals surface area contributed by atoms with E-state index in [0.717, 1.165) is 18.5 Å². The summed E-state index contributed by atoms with van der Waals surface area (Å²) in [7, 11) is -8.67. The van der Waals surface area contributed by atoms with Crippen LogP contribution in [0.25, 0.3) is 0 Å². The number of hydrazone groups is 1. The Hall–Kier alpha value is -2.76. The highest BCUT2D eigenvalue weighted by Gasteiger charge is 2.35. The number of nitrogens with two attached hydrogens (primary N) is 1. The zero-order chi connectivity index (χ0) is 24.6. The Balaban J connectivity index is 1.57. The van der Waals surface area contributed by atoms with Crippen molar-refractivity contribution >= 4 is 31.6 Å². The molecule has 5 rings (SSSR count). The van der Waals surface area contributed by atoms with Crippen LogP contribution < -0.4 is 36.6 Å². The maximum Gasteiger partial charge on any atom is 0.242 e. The van der Waals surface area contributed by atoms with Crippen molar-refractivity contribution in [2.75, 3.05) is 31.1 Å². The van der Waals surface area contributed by atoms with Crippen LogP contribution in [0.1, 0.15) is 36.4 Å². The van der Waals surface area contributed by atoms with Crippen molar-refractivity contribution in [2.24, 2.45) is 10.2 Å². The molecular weight excluding hydrogens is 496 g/mol. The van der Waals surface area contributed by atoms with Crippen molar-refractivity contribution in [2.45, 2.75) is 41.0 Å². The van der Waals surface area contributed by atoms with Gasteiger partial charge < -0.3 is 15.2 Å². The average molecular weight is 525 g/mol. The second kappa shape index (κ2) is 9.36. The molecule has 0 amide bonds. The highest BCUT2D eigenvalue weighted by Crippen LogP contribution is 2.36. The number of aromatic nitrogens is 2. The minimum absolute atomic E-state index is 0.0948. The quantitative estimate of drug-likeness (QED) is 0.220. The highest BCUT2D eigenvalue weighted by molar-refractivity contribution is 7.92. The summed E-state index contributed by atoms with van der Waals surface area (Å²) in [4.78, 5) is 8.36. The summed E-state index contributed by atoms with van der Waals surface area (Å²) in [5, 5.41) is 12.8. The van der Waals surface area contributed by atoms with Gasteiger partial charge >= 0.3 is 0 Å². The van der Waals surface area contributed by atoms with Crippen LogP contribution in [0.4, 0.5) is 5.69 Å². The lowest BCUT2D eigenvalue weighted by atomic mass is 9.93. The van der Waals surface area contributed by atoms with Gasteiger partial charge in [0.1, 0.15) is 9.79 Å². The van der Waals surface area contributed by atoms with E-state index in [1.807, 2.05) is 11.1 Å². The standard InChI is InChI=1S/C19H28N10O4S2/c20-34(30,31)18-16(35(32,33)26-13-3-6-21-9-13)2-1-15(17(18)19-24-27-28-25-19)29-7-4-12(5-8-29)14-10-22-11-23-14/h1-2,10-13,21,26-28H,3-9H2,(H,22,23)(H,24,25)(H2,20,30,31)/t13-/m1/s1. The van der Waals surface area contributed by atoms with Gasteiger partial charge in [0, 0.05) is 49.2 Å². The molecule has 8 N–H and O–H groups in total. The van der Waals surface area contributed by atoms with Crippen molar-refractivity contribution in [1.29, 1.82) is 0 Å². The maximum atomic E-state index is 13.3. The fraction of sp³-hybridized carbons (Fsp3) is 0.474. The third-order valence-electron chi connectivity index (χ3n) is 6.49. The van der Waals surface area contributed by atoms with Gasteiger partial charge in [0.2, 0.25) is 20.0 Å². The molecule has 4 heterocycles. The Labute approximate surface area is 203 Å². The third-order valence-corrected chi connectivity index (χ3v) is 9.18. The summed E-state index contributed by atoms with van der Waals surface area (Å²) in [5.74, 6) is 0.420. The predicted molar refractivity (Wildman–Crippen MR) is 128 cm³/mol. The lowest BCUT2D eigenvalue weighted by Crippen LogP contribution is -2.40. The van der Waals surface area contributed by atoms with Gasteiger partial charge in [-0.05, 0) is 37.9 Å².